The van der Waals surface area contributed by atoms with Crippen LogP contribution in [0.15, 0.2) is 33.9 Å². The van der Waals surface area contributed by atoms with E-state index in [9.17, 15) is 0 Å². The molecule has 4 heteroatoms. The van der Waals surface area contributed by atoms with E-state index in [4.69, 9.17) is 9.52 Å². The first kappa shape index (κ1) is 12.5. The molecule has 0 saturated heterocycles. The van der Waals surface area contributed by atoms with Gasteiger partial charge in [-0.25, -0.2) is 4.98 Å². The number of aliphatic hydroxyl groups excluding tert-OH is 1. The minimum absolute atomic E-state index is 0.304. The monoisotopic (exact) mass is 251 g/mol. The van der Waals surface area contributed by atoms with Crippen LogP contribution in [0, 0.1) is 0 Å². The van der Waals surface area contributed by atoms with Gasteiger partial charge in [-0.3, -0.25) is 0 Å². The van der Waals surface area contributed by atoms with Crippen molar-refractivity contribution in [1.82, 2.24) is 4.98 Å². The summed E-state index contributed by atoms with van der Waals surface area (Å²) in [5.74, 6) is 1.03. The second-order valence-electron chi connectivity index (χ2n) is 3.93. The van der Waals surface area contributed by atoms with Gasteiger partial charge >= 0.3 is 0 Å². The summed E-state index contributed by atoms with van der Waals surface area (Å²) in [6.45, 7) is 0.304. The molecule has 0 aliphatic heterocycles. The number of fused-ring (bicyclic) bond motifs is 1. The molecular formula is C13H17NO2S. The van der Waals surface area contributed by atoms with Gasteiger partial charge in [0, 0.05) is 12.4 Å². The Hall–Kier alpha value is -1.00. The highest BCUT2D eigenvalue weighted by molar-refractivity contribution is 7.99. The van der Waals surface area contributed by atoms with Gasteiger partial charge in [0.1, 0.15) is 5.52 Å². The first-order valence-electron chi connectivity index (χ1n) is 5.99. The van der Waals surface area contributed by atoms with Gasteiger partial charge in [-0.15, -0.1) is 0 Å². The standard InChI is InChI=1S/C13H17NO2S/c15-9-5-1-2-6-10-17-13-14-11-7-3-4-8-12(11)16-13/h3-4,7-8,15H,1-2,5-6,9-10H2. The Morgan fingerprint density at radius 1 is 1.12 bits per heavy atom. The third-order valence-electron chi connectivity index (χ3n) is 2.55. The summed E-state index contributed by atoms with van der Waals surface area (Å²) in [5.41, 5.74) is 1.78. The molecule has 0 radical (unpaired) electrons. The number of benzene rings is 1. The normalized spacial score (nSPS) is 11.1. The highest BCUT2D eigenvalue weighted by atomic mass is 32.2. The average molecular weight is 251 g/mol. The summed E-state index contributed by atoms with van der Waals surface area (Å²) in [6.07, 6.45) is 4.31. The zero-order valence-corrected chi connectivity index (χ0v) is 10.6. The lowest BCUT2D eigenvalue weighted by Gasteiger charge is -1.97. The minimum Gasteiger partial charge on any atom is -0.431 e. The number of aliphatic hydroxyl groups is 1. The van der Waals surface area contributed by atoms with Crippen molar-refractivity contribution in [2.24, 2.45) is 0 Å². The molecule has 0 unspecified atom stereocenters. The fourth-order valence-electron chi connectivity index (χ4n) is 1.64. The molecule has 0 atom stereocenters. The van der Waals surface area contributed by atoms with Crippen molar-refractivity contribution in [2.45, 2.75) is 30.9 Å². The van der Waals surface area contributed by atoms with Crippen molar-refractivity contribution in [3.63, 3.8) is 0 Å². The van der Waals surface area contributed by atoms with E-state index in [1.807, 2.05) is 24.3 Å². The van der Waals surface area contributed by atoms with Crippen molar-refractivity contribution >= 4 is 22.9 Å². The van der Waals surface area contributed by atoms with Gasteiger partial charge < -0.3 is 9.52 Å². The van der Waals surface area contributed by atoms with Crippen molar-refractivity contribution < 1.29 is 9.52 Å². The Kier molecular flexibility index (Phi) is 4.88. The maximum atomic E-state index is 8.65. The van der Waals surface area contributed by atoms with E-state index in [0.717, 1.165) is 47.8 Å². The molecule has 0 aliphatic rings. The molecule has 1 N–H and O–H groups in total. The second kappa shape index (κ2) is 6.67. The van der Waals surface area contributed by atoms with E-state index in [1.165, 1.54) is 0 Å². The molecule has 0 spiro atoms. The third-order valence-corrected chi connectivity index (χ3v) is 3.47. The van der Waals surface area contributed by atoms with E-state index in [0.29, 0.717) is 6.61 Å². The quantitative estimate of drug-likeness (QED) is 0.604. The summed E-state index contributed by atoms with van der Waals surface area (Å²) >= 11 is 1.66. The number of unbranched alkanes of at least 4 members (excludes halogenated alkanes) is 3. The van der Waals surface area contributed by atoms with Crippen LogP contribution in [0.2, 0.25) is 0 Å². The third kappa shape index (κ3) is 3.75. The number of aromatic nitrogens is 1. The molecule has 1 heterocycles. The maximum Gasteiger partial charge on any atom is 0.256 e. The lowest BCUT2D eigenvalue weighted by atomic mass is 10.2. The van der Waals surface area contributed by atoms with Crippen LogP contribution in [0.5, 0.6) is 0 Å². The number of thioether (sulfide) groups is 1. The molecule has 1 aromatic heterocycles. The molecule has 3 nitrogen and oxygen atoms in total. The zero-order valence-electron chi connectivity index (χ0n) is 9.76. The Bertz CT molecular complexity index is 422. The topological polar surface area (TPSA) is 46.3 Å². The van der Waals surface area contributed by atoms with Gasteiger partial charge in [0.2, 0.25) is 0 Å². The number of para-hydroxylation sites is 2. The SMILES string of the molecule is OCCCCCCSc1nc2ccccc2o1. The largest absolute Gasteiger partial charge is 0.431 e. The van der Waals surface area contributed by atoms with Crippen LogP contribution in [-0.4, -0.2) is 22.5 Å². The Morgan fingerprint density at radius 3 is 2.76 bits per heavy atom. The highest BCUT2D eigenvalue weighted by Gasteiger charge is 2.04. The van der Waals surface area contributed by atoms with Gasteiger partial charge in [-0.2, -0.15) is 0 Å². The predicted octanol–water partition coefficient (Wildman–Crippen LogP) is 3.47. The Labute approximate surface area is 105 Å². The van der Waals surface area contributed by atoms with E-state index >= 15 is 0 Å². The summed E-state index contributed by atoms with van der Waals surface area (Å²) in [6, 6.07) is 7.82. The summed E-state index contributed by atoms with van der Waals surface area (Å²) in [7, 11) is 0. The van der Waals surface area contributed by atoms with Gasteiger partial charge in [-0.1, -0.05) is 36.7 Å². The molecule has 1 aromatic carbocycles. The number of hydrogen-bond donors (Lipinski definition) is 1. The van der Waals surface area contributed by atoms with Crippen LogP contribution in [0.3, 0.4) is 0 Å². The highest BCUT2D eigenvalue weighted by Crippen LogP contribution is 2.23. The van der Waals surface area contributed by atoms with Gasteiger partial charge in [0.15, 0.2) is 5.58 Å². The lowest BCUT2D eigenvalue weighted by molar-refractivity contribution is 0.283. The fraction of sp³-hybridized carbons (Fsp3) is 0.462. The van der Waals surface area contributed by atoms with Crippen LogP contribution in [0.4, 0.5) is 0 Å². The van der Waals surface area contributed by atoms with Crippen molar-refractivity contribution in [1.29, 1.82) is 0 Å². The molecule has 2 aromatic rings. The summed E-state index contributed by atoms with van der Waals surface area (Å²) < 4.78 is 5.61. The smallest absolute Gasteiger partial charge is 0.256 e. The van der Waals surface area contributed by atoms with E-state index in [2.05, 4.69) is 4.98 Å². The predicted molar refractivity (Wildman–Crippen MR) is 70.3 cm³/mol. The molecule has 2 rings (SSSR count). The Morgan fingerprint density at radius 2 is 1.94 bits per heavy atom. The van der Waals surface area contributed by atoms with E-state index < -0.39 is 0 Å². The summed E-state index contributed by atoms with van der Waals surface area (Å²) in [4.78, 5) is 4.40. The molecule has 0 fully saturated rings. The first-order valence-corrected chi connectivity index (χ1v) is 6.98. The van der Waals surface area contributed by atoms with Crippen molar-refractivity contribution in [3.05, 3.63) is 24.3 Å². The van der Waals surface area contributed by atoms with Crippen LogP contribution in [-0.2, 0) is 0 Å². The second-order valence-corrected chi connectivity index (χ2v) is 4.98. The van der Waals surface area contributed by atoms with Gasteiger partial charge in [-0.05, 0) is 25.0 Å². The molecule has 0 aliphatic carbocycles. The van der Waals surface area contributed by atoms with Gasteiger partial charge in [0.25, 0.3) is 5.22 Å². The van der Waals surface area contributed by atoms with Crippen LogP contribution in [0.1, 0.15) is 25.7 Å². The lowest BCUT2D eigenvalue weighted by Crippen LogP contribution is -1.85. The van der Waals surface area contributed by atoms with Crippen molar-refractivity contribution in [3.8, 4) is 0 Å². The van der Waals surface area contributed by atoms with E-state index in [-0.39, 0.29) is 0 Å². The average Bonchev–Trinajstić information content (AvgIpc) is 2.76. The number of nitrogens with zero attached hydrogens (tertiary/aromatic N) is 1. The molecular weight excluding hydrogens is 234 g/mol. The number of rotatable bonds is 7. The molecule has 0 saturated carbocycles. The molecule has 92 valence electrons. The first-order chi connectivity index (χ1) is 8.40. The van der Waals surface area contributed by atoms with Crippen LogP contribution in [0.25, 0.3) is 11.1 Å². The van der Waals surface area contributed by atoms with E-state index in [1.54, 1.807) is 11.8 Å². The van der Waals surface area contributed by atoms with Crippen LogP contribution < -0.4 is 0 Å². The maximum absolute atomic E-state index is 8.65. The number of oxazole rings is 1. The van der Waals surface area contributed by atoms with Crippen molar-refractivity contribution in [2.75, 3.05) is 12.4 Å². The molecule has 0 bridgehead atoms. The number of hydrogen-bond acceptors (Lipinski definition) is 4. The van der Waals surface area contributed by atoms with Crippen LogP contribution >= 0.6 is 11.8 Å². The minimum atomic E-state index is 0.304. The molecule has 0 amide bonds. The fourth-order valence-corrected chi connectivity index (χ4v) is 2.47. The molecule has 17 heavy (non-hydrogen) atoms. The Balaban J connectivity index is 1.75. The summed E-state index contributed by atoms with van der Waals surface area (Å²) in [5, 5.41) is 9.41. The zero-order chi connectivity index (χ0) is 11.9. The van der Waals surface area contributed by atoms with Gasteiger partial charge in [0.05, 0.1) is 0 Å².